The number of carbonyl (C=O) groups excluding carboxylic acids is 1. The Hall–Kier alpha value is -2.64. The number of fused-ring (bicyclic) bond motifs is 3. The number of anilines is 1. The fraction of sp³-hybridized carbons (Fsp3) is 0.478. The number of benzene rings is 1. The predicted octanol–water partition coefficient (Wildman–Crippen LogP) is 2.15. The van der Waals surface area contributed by atoms with Crippen LogP contribution in [0.4, 0.5) is 5.82 Å². The van der Waals surface area contributed by atoms with E-state index >= 15 is 0 Å². The number of amides is 1. The van der Waals surface area contributed by atoms with Gasteiger partial charge in [0.2, 0.25) is 5.91 Å². The molecule has 1 aromatic carbocycles. The van der Waals surface area contributed by atoms with E-state index in [1.165, 1.54) is 0 Å². The largest absolute Gasteiger partial charge is 0.379 e. The zero-order chi connectivity index (χ0) is 20.3. The van der Waals surface area contributed by atoms with E-state index in [0.29, 0.717) is 0 Å². The molecular formula is C23H29N5O2. The zero-order valence-electron chi connectivity index (χ0n) is 17.3. The molecule has 2 saturated heterocycles. The van der Waals surface area contributed by atoms with E-state index in [1.807, 2.05) is 12.1 Å². The van der Waals surface area contributed by atoms with Crippen LogP contribution >= 0.6 is 0 Å². The Labute approximate surface area is 176 Å². The molecule has 0 atom stereocenters. The van der Waals surface area contributed by atoms with Crippen LogP contribution < -0.4 is 10.2 Å². The summed E-state index contributed by atoms with van der Waals surface area (Å²) >= 11 is 0. The third-order valence-corrected chi connectivity index (χ3v) is 6.34. The molecule has 0 unspecified atom stereocenters. The first-order valence-corrected chi connectivity index (χ1v) is 11.0. The summed E-state index contributed by atoms with van der Waals surface area (Å²) in [7, 11) is 0. The van der Waals surface area contributed by atoms with Gasteiger partial charge in [-0.3, -0.25) is 9.69 Å². The van der Waals surface area contributed by atoms with Gasteiger partial charge in [-0.15, -0.1) is 0 Å². The first-order chi connectivity index (χ1) is 14.8. The molecule has 4 heterocycles. The molecule has 158 valence electrons. The summed E-state index contributed by atoms with van der Waals surface area (Å²) < 4.78 is 7.58. The number of hydrogen-bond donors (Lipinski definition) is 1. The lowest BCUT2D eigenvalue weighted by Crippen LogP contribution is -2.44. The monoisotopic (exact) mass is 407 g/mol. The topological polar surface area (TPSA) is 62.1 Å². The maximum absolute atomic E-state index is 12.6. The van der Waals surface area contributed by atoms with Crippen LogP contribution in [0.25, 0.3) is 16.6 Å². The minimum atomic E-state index is 0.0919. The number of nitrogens with zero attached hydrogens (tertiary/aromatic N) is 4. The average Bonchev–Trinajstić information content (AvgIpc) is 3.30. The van der Waals surface area contributed by atoms with Crippen molar-refractivity contribution >= 4 is 28.3 Å². The third kappa shape index (κ3) is 3.87. The third-order valence-electron chi connectivity index (χ3n) is 6.34. The molecule has 0 saturated carbocycles. The van der Waals surface area contributed by atoms with Crippen molar-refractivity contribution in [3.63, 3.8) is 0 Å². The number of ether oxygens (including phenoxy) is 1. The molecule has 2 aliphatic rings. The lowest BCUT2D eigenvalue weighted by atomic mass is 9.96. The summed E-state index contributed by atoms with van der Waals surface area (Å²) in [4.78, 5) is 22.3. The van der Waals surface area contributed by atoms with Gasteiger partial charge in [-0.1, -0.05) is 12.1 Å². The van der Waals surface area contributed by atoms with Gasteiger partial charge in [-0.05, 0) is 37.1 Å². The van der Waals surface area contributed by atoms with Gasteiger partial charge >= 0.3 is 0 Å². The molecule has 2 aliphatic heterocycles. The molecule has 7 heteroatoms. The number of aromatic nitrogens is 2. The normalized spacial score (nSPS) is 18.9. The Kier molecular flexibility index (Phi) is 5.55. The zero-order valence-corrected chi connectivity index (χ0v) is 17.3. The number of hydrogen-bond acceptors (Lipinski definition) is 5. The minimum Gasteiger partial charge on any atom is -0.379 e. The van der Waals surface area contributed by atoms with Crippen molar-refractivity contribution < 1.29 is 9.53 Å². The van der Waals surface area contributed by atoms with Crippen LogP contribution in [0, 0.1) is 5.92 Å². The van der Waals surface area contributed by atoms with Crippen molar-refractivity contribution in [2.75, 3.05) is 57.4 Å². The molecule has 0 spiro atoms. The Morgan fingerprint density at radius 1 is 1.03 bits per heavy atom. The number of nitrogens with one attached hydrogen (secondary N) is 1. The highest BCUT2D eigenvalue weighted by molar-refractivity contribution is 5.85. The molecule has 0 radical (unpaired) electrons. The van der Waals surface area contributed by atoms with E-state index in [0.717, 1.165) is 87.7 Å². The molecule has 2 aromatic heterocycles. The first-order valence-electron chi connectivity index (χ1n) is 11.0. The van der Waals surface area contributed by atoms with E-state index < -0.39 is 0 Å². The second kappa shape index (κ2) is 8.62. The van der Waals surface area contributed by atoms with E-state index in [9.17, 15) is 4.79 Å². The smallest absolute Gasteiger partial charge is 0.223 e. The van der Waals surface area contributed by atoms with Crippen LogP contribution in [0.2, 0.25) is 0 Å². The Morgan fingerprint density at radius 3 is 2.63 bits per heavy atom. The van der Waals surface area contributed by atoms with Crippen molar-refractivity contribution in [3.8, 4) is 0 Å². The predicted molar refractivity (Wildman–Crippen MR) is 118 cm³/mol. The molecule has 2 fully saturated rings. The highest BCUT2D eigenvalue weighted by Crippen LogP contribution is 2.28. The number of rotatable bonds is 5. The van der Waals surface area contributed by atoms with Gasteiger partial charge in [-0.25, -0.2) is 4.98 Å². The molecule has 7 nitrogen and oxygen atoms in total. The summed E-state index contributed by atoms with van der Waals surface area (Å²) in [6.45, 7) is 6.84. The maximum atomic E-state index is 12.6. The second-order valence-corrected chi connectivity index (χ2v) is 8.19. The SMILES string of the molecule is O=C(NCCN1CCOCC1)C1CCN(c2nc3ccccc3n3cccc23)CC1. The highest BCUT2D eigenvalue weighted by Gasteiger charge is 2.27. The summed E-state index contributed by atoms with van der Waals surface area (Å²) in [6, 6.07) is 12.4. The van der Waals surface area contributed by atoms with Gasteiger partial charge in [0.15, 0.2) is 5.82 Å². The lowest BCUT2D eigenvalue weighted by molar-refractivity contribution is -0.125. The molecule has 5 rings (SSSR count). The summed E-state index contributed by atoms with van der Waals surface area (Å²) in [5, 5.41) is 3.14. The summed E-state index contributed by atoms with van der Waals surface area (Å²) in [5.41, 5.74) is 3.25. The molecule has 30 heavy (non-hydrogen) atoms. The van der Waals surface area contributed by atoms with Gasteiger partial charge in [0.05, 0.1) is 29.8 Å². The number of morpholine rings is 1. The second-order valence-electron chi connectivity index (χ2n) is 8.19. The van der Waals surface area contributed by atoms with E-state index in [2.05, 4.69) is 50.0 Å². The fourth-order valence-corrected chi connectivity index (χ4v) is 4.60. The number of carbonyl (C=O) groups is 1. The minimum absolute atomic E-state index is 0.0919. The highest BCUT2D eigenvalue weighted by atomic mass is 16.5. The average molecular weight is 408 g/mol. The fourth-order valence-electron chi connectivity index (χ4n) is 4.60. The van der Waals surface area contributed by atoms with Gasteiger partial charge in [0.25, 0.3) is 0 Å². The molecule has 3 aromatic rings. The van der Waals surface area contributed by atoms with E-state index in [4.69, 9.17) is 9.72 Å². The van der Waals surface area contributed by atoms with Crippen molar-refractivity contribution in [2.45, 2.75) is 12.8 Å². The Morgan fingerprint density at radius 2 is 1.80 bits per heavy atom. The van der Waals surface area contributed by atoms with E-state index in [-0.39, 0.29) is 11.8 Å². The molecule has 1 N–H and O–H groups in total. The van der Waals surface area contributed by atoms with Crippen molar-refractivity contribution in [3.05, 3.63) is 42.6 Å². The number of para-hydroxylation sites is 2. The molecule has 1 amide bonds. The van der Waals surface area contributed by atoms with E-state index in [1.54, 1.807) is 0 Å². The lowest BCUT2D eigenvalue weighted by Gasteiger charge is -2.33. The van der Waals surface area contributed by atoms with Crippen LogP contribution in [0.3, 0.4) is 0 Å². The maximum Gasteiger partial charge on any atom is 0.223 e. The van der Waals surface area contributed by atoms with Crippen molar-refractivity contribution in [1.29, 1.82) is 0 Å². The number of piperidine rings is 1. The van der Waals surface area contributed by atoms with Gasteiger partial charge in [0, 0.05) is 51.4 Å². The summed E-state index contributed by atoms with van der Waals surface area (Å²) in [5.74, 6) is 1.31. The summed E-state index contributed by atoms with van der Waals surface area (Å²) in [6.07, 6.45) is 3.83. The standard InChI is InChI=1S/C23H29N5O2/c29-23(24-9-13-26-14-16-30-17-15-26)18-7-11-27(12-8-18)22-21-6-3-10-28(21)20-5-2-1-4-19(20)25-22/h1-6,10,18H,7-9,11-17H2,(H,24,29). The molecular weight excluding hydrogens is 378 g/mol. The Balaban J connectivity index is 1.20. The van der Waals surface area contributed by atoms with Crippen molar-refractivity contribution in [1.82, 2.24) is 19.6 Å². The molecule has 0 bridgehead atoms. The van der Waals surface area contributed by atoms with Gasteiger partial charge in [-0.2, -0.15) is 0 Å². The van der Waals surface area contributed by atoms with Crippen molar-refractivity contribution in [2.24, 2.45) is 5.92 Å². The van der Waals surface area contributed by atoms with Gasteiger partial charge in [0.1, 0.15) is 0 Å². The first kappa shape index (κ1) is 19.3. The van der Waals surface area contributed by atoms with Crippen LogP contribution in [-0.4, -0.2) is 72.7 Å². The van der Waals surface area contributed by atoms with Crippen LogP contribution in [0.15, 0.2) is 42.6 Å². The van der Waals surface area contributed by atoms with Crippen LogP contribution in [0.1, 0.15) is 12.8 Å². The quantitative estimate of drug-likeness (QED) is 0.702. The Bertz CT molecular complexity index is 1020. The van der Waals surface area contributed by atoms with Gasteiger partial charge < -0.3 is 19.4 Å². The molecule has 0 aliphatic carbocycles. The van der Waals surface area contributed by atoms with Crippen LogP contribution in [-0.2, 0) is 9.53 Å². The van der Waals surface area contributed by atoms with Crippen LogP contribution in [0.5, 0.6) is 0 Å².